The van der Waals surface area contributed by atoms with Crippen molar-refractivity contribution in [2.24, 2.45) is 0 Å². The van der Waals surface area contributed by atoms with Crippen LogP contribution in [0.2, 0.25) is 0 Å². The quantitative estimate of drug-likeness (QED) is 0.832. The summed E-state index contributed by atoms with van der Waals surface area (Å²) >= 11 is 0. The van der Waals surface area contributed by atoms with Crippen molar-refractivity contribution >= 4 is 17.8 Å². The minimum atomic E-state index is -0.986. The first-order valence-electron chi connectivity index (χ1n) is 7.03. The molecule has 6 nitrogen and oxygen atoms in total. The van der Waals surface area contributed by atoms with Crippen molar-refractivity contribution in [2.75, 3.05) is 19.7 Å². The molecule has 1 saturated heterocycles. The lowest BCUT2D eigenvalue weighted by atomic mass is 10.1. The normalized spacial score (nSPS) is 17.8. The molecular formula is C15H17FN2O4. The molecule has 0 radical (unpaired) electrons. The number of ether oxygens (including phenoxy) is 1. The predicted octanol–water partition coefficient (Wildman–Crippen LogP) is 0.720. The number of halogens is 1. The zero-order valence-corrected chi connectivity index (χ0v) is 12.2. The van der Waals surface area contributed by atoms with Gasteiger partial charge in [-0.2, -0.15) is 0 Å². The molecule has 0 aromatic heterocycles. The Morgan fingerprint density at radius 1 is 1.41 bits per heavy atom. The summed E-state index contributed by atoms with van der Waals surface area (Å²) in [5.41, 5.74) is -0.119. The van der Waals surface area contributed by atoms with Gasteiger partial charge in [0.05, 0.1) is 18.6 Å². The van der Waals surface area contributed by atoms with Crippen LogP contribution in [-0.4, -0.2) is 48.4 Å². The number of hydrogen-bond acceptors (Lipinski definition) is 4. The zero-order valence-electron chi connectivity index (χ0n) is 12.2. The van der Waals surface area contributed by atoms with E-state index in [0.717, 1.165) is 0 Å². The fourth-order valence-corrected chi connectivity index (χ4v) is 2.33. The van der Waals surface area contributed by atoms with Crippen molar-refractivity contribution in [1.82, 2.24) is 10.2 Å². The van der Waals surface area contributed by atoms with Crippen LogP contribution in [0.3, 0.4) is 0 Å². The van der Waals surface area contributed by atoms with Gasteiger partial charge in [0.15, 0.2) is 0 Å². The van der Waals surface area contributed by atoms with Gasteiger partial charge < -0.3 is 15.0 Å². The average Bonchev–Trinajstić information content (AvgIpc) is 2.49. The highest BCUT2D eigenvalue weighted by molar-refractivity contribution is 5.99. The Morgan fingerprint density at radius 3 is 2.82 bits per heavy atom. The van der Waals surface area contributed by atoms with Gasteiger partial charge in [-0.25, -0.2) is 4.39 Å². The summed E-state index contributed by atoms with van der Waals surface area (Å²) in [6.45, 7) is 2.32. The van der Waals surface area contributed by atoms with Gasteiger partial charge >= 0.3 is 5.97 Å². The van der Waals surface area contributed by atoms with Crippen molar-refractivity contribution in [3.63, 3.8) is 0 Å². The van der Waals surface area contributed by atoms with Crippen LogP contribution in [0.1, 0.15) is 23.7 Å². The lowest BCUT2D eigenvalue weighted by molar-refractivity contribution is -0.147. The third kappa shape index (κ3) is 3.41. The highest BCUT2D eigenvalue weighted by Crippen LogP contribution is 2.16. The molecule has 0 spiro atoms. The van der Waals surface area contributed by atoms with Crippen LogP contribution in [0.25, 0.3) is 0 Å². The molecule has 7 heteroatoms. The van der Waals surface area contributed by atoms with E-state index in [2.05, 4.69) is 5.32 Å². The lowest BCUT2D eigenvalue weighted by Gasteiger charge is -2.34. The highest BCUT2D eigenvalue weighted by Gasteiger charge is 2.36. The number of nitrogens with one attached hydrogen (secondary N) is 1. The molecule has 0 aliphatic carbocycles. The van der Waals surface area contributed by atoms with Crippen LogP contribution in [0.4, 0.5) is 4.39 Å². The average molecular weight is 308 g/mol. The van der Waals surface area contributed by atoms with Gasteiger partial charge in [0.2, 0.25) is 5.91 Å². The summed E-state index contributed by atoms with van der Waals surface area (Å²) in [5.74, 6) is -2.28. The van der Waals surface area contributed by atoms with Crippen LogP contribution in [-0.2, 0) is 14.3 Å². The van der Waals surface area contributed by atoms with Crippen LogP contribution in [0.5, 0.6) is 0 Å². The first-order valence-corrected chi connectivity index (χ1v) is 7.03. The Kier molecular flexibility index (Phi) is 5.08. The molecule has 1 N–H and O–H groups in total. The summed E-state index contributed by atoms with van der Waals surface area (Å²) < 4.78 is 18.6. The molecular weight excluding hydrogens is 291 g/mol. The Labute approximate surface area is 127 Å². The van der Waals surface area contributed by atoms with Gasteiger partial charge in [-0.05, 0) is 19.1 Å². The number of piperazine rings is 1. The molecule has 1 aliphatic rings. The largest absolute Gasteiger partial charge is 0.466 e. The van der Waals surface area contributed by atoms with E-state index in [1.54, 1.807) is 13.0 Å². The molecule has 1 aromatic carbocycles. The second-order valence-corrected chi connectivity index (χ2v) is 4.79. The standard InChI is InChI=1S/C15H17FN2O4/c1-2-22-13(19)9-12-14(20)17-7-8-18(12)15(21)10-5-3-4-6-11(10)16/h3-6,12H,2,7-9H2,1H3,(H,17,20). The van der Waals surface area contributed by atoms with Gasteiger partial charge in [0, 0.05) is 13.1 Å². The summed E-state index contributed by atoms with van der Waals surface area (Å²) in [5, 5.41) is 2.60. The smallest absolute Gasteiger partial charge is 0.308 e. The Morgan fingerprint density at radius 2 is 2.14 bits per heavy atom. The van der Waals surface area contributed by atoms with Crippen molar-refractivity contribution in [3.8, 4) is 0 Å². The molecule has 0 bridgehead atoms. The molecule has 0 saturated carbocycles. The molecule has 1 aromatic rings. The monoisotopic (exact) mass is 308 g/mol. The van der Waals surface area contributed by atoms with E-state index in [1.165, 1.54) is 23.1 Å². The molecule has 1 unspecified atom stereocenters. The zero-order chi connectivity index (χ0) is 16.1. The third-order valence-corrected chi connectivity index (χ3v) is 3.36. The summed E-state index contributed by atoms with van der Waals surface area (Å²) in [4.78, 5) is 37.3. The maximum atomic E-state index is 13.8. The van der Waals surface area contributed by atoms with E-state index in [4.69, 9.17) is 4.74 Å². The summed E-state index contributed by atoms with van der Waals surface area (Å²) in [6, 6.07) is 4.56. The van der Waals surface area contributed by atoms with Gasteiger partial charge in [-0.1, -0.05) is 12.1 Å². The van der Waals surface area contributed by atoms with E-state index in [0.29, 0.717) is 0 Å². The first kappa shape index (κ1) is 15.9. The van der Waals surface area contributed by atoms with Crippen LogP contribution in [0.15, 0.2) is 24.3 Å². The van der Waals surface area contributed by atoms with E-state index in [9.17, 15) is 18.8 Å². The molecule has 1 fully saturated rings. The van der Waals surface area contributed by atoms with E-state index in [1.807, 2.05) is 0 Å². The number of esters is 1. The Balaban J connectivity index is 2.22. The number of hydrogen-bond donors (Lipinski definition) is 1. The molecule has 1 aliphatic heterocycles. The Hall–Kier alpha value is -2.44. The van der Waals surface area contributed by atoms with Crippen molar-refractivity contribution < 1.29 is 23.5 Å². The van der Waals surface area contributed by atoms with Gasteiger partial charge in [0.1, 0.15) is 11.9 Å². The second kappa shape index (κ2) is 7.02. The molecule has 1 atom stereocenters. The van der Waals surface area contributed by atoms with Crippen LogP contribution in [0, 0.1) is 5.82 Å². The fourth-order valence-electron chi connectivity index (χ4n) is 2.33. The third-order valence-electron chi connectivity index (χ3n) is 3.36. The minimum Gasteiger partial charge on any atom is -0.466 e. The summed E-state index contributed by atoms with van der Waals surface area (Å²) in [7, 11) is 0. The van der Waals surface area contributed by atoms with Crippen molar-refractivity contribution in [2.45, 2.75) is 19.4 Å². The molecule has 2 rings (SSSR count). The van der Waals surface area contributed by atoms with E-state index < -0.39 is 29.6 Å². The van der Waals surface area contributed by atoms with Crippen LogP contribution < -0.4 is 5.32 Å². The van der Waals surface area contributed by atoms with E-state index in [-0.39, 0.29) is 31.7 Å². The van der Waals surface area contributed by atoms with Crippen molar-refractivity contribution in [1.29, 1.82) is 0 Å². The van der Waals surface area contributed by atoms with Gasteiger partial charge in [-0.15, -0.1) is 0 Å². The number of rotatable bonds is 4. The molecule has 118 valence electrons. The number of nitrogens with zero attached hydrogens (tertiary/aromatic N) is 1. The fraction of sp³-hybridized carbons (Fsp3) is 0.400. The van der Waals surface area contributed by atoms with Gasteiger partial charge in [-0.3, -0.25) is 14.4 Å². The SMILES string of the molecule is CCOC(=O)CC1C(=O)NCCN1C(=O)c1ccccc1F. The number of carbonyl (C=O) groups excluding carboxylic acids is 3. The number of amides is 2. The number of benzene rings is 1. The molecule has 1 heterocycles. The minimum absolute atomic E-state index is 0.119. The second-order valence-electron chi connectivity index (χ2n) is 4.79. The maximum absolute atomic E-state index is 13.8. The maximum Gasteiger partial charge on any atom is 0.308 e. The Bertz CT molecular complexity index is 591. The lowest BCUT2D eigenvalue weighted by Crippen LogP contribution is -2.58. The predicted molar refractivity (Wildman–Crippen MR) is 75.5 cm³/mol. The molecule has 2 amide bonds. The highest BCUT2D eigenvalue weighted by atomic mass is 19.1. The van der Waals surface area contributed by atoms with E-state index >= 15 is 0 Å². The number of carbonyl (C=O) groups is 3. The topological polar surface area (TPSA) is 75.7 Å². The summed E-state index contributed by atoms with van der Waals surface area (Å²) in [6.07, 6.45) is -0.250. The molecule has 22 heavy (non-hydrogen) atoms. The van der Waals surface area contributed by atoms with Crippen molar-refractivity contribution in [3.05, 3.63) is 35.6 Å². The first-order chi connectivity index (χ1) is 10.5. The van der Waals surface area contributed by atoms with Gasteiger partial charge in [0.25, 0.3) is 5.91 Å². The van der Waals surface area contributed by atoms with Crippen LogP contribution >= 0.6 is 0 Å².